The van der Waals surface area contributed by atoms with Gasteiger partial charge in [0.1, 0.15) is 6.61 Å². The maximum atomic E-state index is 11.2. The van der Waals surface area contributed by atoms with Gasteiger partial charge in [0.15, 0.2) is 17.8 Å². The first-order chi connectivity index (χ1) is 9.40. The van der Waals surface area contributed by atoms with Gasteiger partial charge in [-0.05, 0) is 28.7 Å². The molecule has 0 saturated carbocycles. The lowest BCUT2D eigenvalue weighted by Gasteiger charge is -2.16. The minimum Gasteiger partial charge on any atom is -0.492 e. The predicted octanol–water partition coefficient (Wildman–Crippen LogP) is 2.10. The number of halogens is 1. The zero-order valence-electron chi connectivity index (χ0n) is 11.2. The Bertz CT molecular complexity index is 552. The molecule has 0 atom stereocenters. The number of hydrogen-bond acceptors (Lipinski definition) is 6. The smallest absolute Gasteiger partial charge is 0.308 e. The highest BCUT2D eigenvalue weighted by Gasteiger charge is 2.21. The van der Waals surface area contributed by atoms with Crippen molar-refractivity contribution in [1.82, 2.24) is 0 Å². The zero-order chi connectivity index (χ0) is 15.3. The number of hydrogen-bond donors (Lipinski definition) is 0. The van der Waals surface area contributed by atoms with Crippen LogP contribution in [0.4, 0.5) is 0 Å². The second kappa shape index (κ2) is 7.22. The van der Waals surface area contributed by atoms with E-state index in [4.69, 9.17) is 14.2 Å². The summed E-state index contributed by atoms with van der Waals surface area (Å²) in [6.07, 6.45) is 0.614. The van der Waals surface area contributed by atoms with E-state index >= 15 is 0 Å². The Kier molecular flexibility index (Phi) is 5.93. The van der Waals surface area contributed by atoms with E-state index in [1.54, 1.807) is 6.07 Å². The van der Waals surface area contributed by atoms with Gasteiger partial charge in [-0.2, -0.15) is 0 Å². The number of rotatable bonds is 5. The third kappa shape index (κ3) is 3.92. The molecule has 108 valence electrons. The van der Waals surface area contributed by atoms with Crippen LogP contribution in [0.3, 0.4) is 0 Å². The zero-order valence-corrected chi connectivity index (χ0v) is 13.3. The molecule has 0 aliphatic rings. The average molecular weight is 392 g/mol. The minimum absolute atomic E-state index is 0.0799. The quantitative estimate of drug-likeness (QED) is 0.331. The van der Waals surface area contributed by atoms with E-state index in [1.165, 1.54) is 21.0 Å². The van der Waals surface area contributed by atoms with Gasteiger partial charge >= 0.3 is 11.9 Å². The number of methoxy groups -OCH3 is 1. The minimum atomic E-state index is -0.564. The Morgan fingerprint density at radius 1 is 1.25 bits per heavy atom. The van der Waals surface area contributed by atoms with Gasteiger partial charge in [-0.1, -0.05) is 0 Å². The number of esters is 2. The molecule has 0 fully saturated rings. The maximum Gasteiger partial charge on any atom is 0.308 e. The second-order valence-electron chi connectivity index (χ2n) is 3.79. The van der Waals surface area contributed by atoms with Gasteiger partial charge in [0.25, 0.3) is 0 Å². The lowest BCUT2D eigenvalue weighted by atomic mass is 10.1. The monoisotopic (exact) mass is 392 g/mol. The first-order valence-corrected chi connectivity index (χ1v) is 6.64. The van der Waals surface area contributed by atoms with Gasteiger partial charge in [0.05, 0.1) is 12.7 Å². The molecule has 0 aliphatic carbocycles. The van der Waals surface area contributed by atoms with Crippen molar-refractivity contribution in [3.05, 3.63) is 20.8 Å². The molecule has 0 N–H and O–H groups in total. The number of carbonyl (C=O) groups excluding carboxylic acids is 3. The normalized spacial score (nSPS) is 9.80. The summed E-state index contributed by atoms with van der Waals surface area (Å²) in [5.41, 5.74) is 0.721. The summed E-state index contributed by atoms with van der Waals surface area (Å²) < 4.78 is 15.7. The van der Waals surface area contributed by atoms with Gasteiger partial charge < -0.3 is 14.2 Å². The van der Waals surface area contributed by atoms with Crippen molar-refractivity contribution in [2.24, 2.45) is 0 Å². The molecule has 0 bridgehead atoms. The van der Waals surface area contributed by atoms with Crippen molar-refractivity contribution >= 4 is 40.8 Å². The van der Waals surface area contributed by atoms with E-state index < -0.39 is 11.9 Å². The van der Waals surface area contributed by atoms with E-state index in [9.17, 15) is 14.4 Å². The third-order valence-corrected chi connectivity index (χ3v) is 3.19. The van der Waals surface area contributed by atoms with E-state index in [-0.39, 0.29) is 23.7 Å². The third-order valence-electron chi connectivity index (χ3n) is 2.30. The molecule has 0 saturated heterocycles. The van der Waals surface area contributed by atoms with Crippen LogP contribution in [0.2, 0.25) is 0 Å². The van der Waals surface area contributed by atoms with Crippen LogP contribution in [0.25, 0.3) is 0 Å². The molecule has 1 aromatic carbocycles. The van der Waals surface area contributed by atoms with Crippen molar-refractivity contribution in [2.45, 2.75) is 20.5 Å². The fourth-order valence-electron chi connectivity index (χ4n) is 1.53. The Morgan fingerprint density at radius 2 is 1.90 bits per heavy atom. The topological polar surface area (TPSA) is 78.9 Å². The molecule has 0 heterocycles. The molecule has 0 aliphatic heterocycles. The van der Waals surface area contributed by atoms with Crippen molar-refractivity contribution < 1.29 is 28.6 Å². The van der Waals surface area contributed by atoms with Crippen LogP contribution in [0, 0.1) is 3.57 Å². The standard InChI is InChI=1S/C13H13IO6/c1-7(16)19-6-9-4-11(14)10(5-15)13(18-3)12(9)20-8(2)17/h4-5H,6H2,1-3H3. The van der Waals surface area contributed by atoms with Crippen molar-refractivity contribution in [1.29, 1.82) is 0 Å². The van der Waals surface area contributed by atoms with Crippen molar-refractivity contribution in [3.8, 4) is 11.5 Å². The Labute approximate surface area is 129 Å². The Hall–Kier alpha value is -1.64. The van der Waals surface area contributed by atoms with Gasteiger partial charge in [-0.15, -0.1) is 0 Å². The van der Waals surface area contributed by atoms with Crippen LogP contribution >= 0.6 is 22.6 Å². The summed E-state index contributed by atoms with van der Waals surface area (Å²) in [6, 6.07) is 1.61. The van der Waals surface area contributed by atoms with Gasteiger partial charge in [-0.25, -0.2) is 0 Å². The van der Waals surface area contributed by atoms with E-state index in [0.29, 0.717) is 15.4 Å². The molecule has 0 aromatic heterocycles. The molecular weight excluding hydrogens is 379 g/mol. The van der Waals surface area contributed by atoms with Crippen LogP contribution in [0.5, 0.6) is 11.5 Å². The molecular formula is C13H13IO6. The number of benzene rings is 1. The number of carbonyl (C=O) groups is 3. The first-order valence-electron chi connectivity index (χ1n) is 5.57. The predicted molar refractivity (Wildman–Crippen MR) is 77.9 cm³/mol. The lowest BCUT2D eigenvalue weighted by Crippen LogP contribution is -2.10. The Morgan fingerprint density at radius 3 is 2.35 bits per heavy atom. The molecule has 0 unspecified atom stereocenters. The summed E-state index contributed by atoms with van der Waals surface area (Å²) >= 11 is 1.95. The average Bonchev–Trinajstić information content (AvgIpc) is 2.37. The highest BCUT2D eigenvalue weighted by Crippen LogP contribution is 2.37. The Balaban J connectivity index is 3.39. The fraction of sp³-hybridized carbons (Fsp3) is 0.308. The molecule has 0 radical (unpaired) electrons. The highest BCUT2D eigenvalue weighted by atomic mass is 127. The molecule has 1 aromatic rings. The molecule has 0 amide bonds. The molecule has 20 heavy (non-hydrogen) atoms. The van der Waals surface area contributed by atoms with Crippen molar-refractivity contribution in [3.63, 3.8) is 0 Å². The fourth-order valence-corrected chi connectivity index (χ4v) is 2.28. The van der Waals surface area contributed by atoms with Crippen LogP contribution in [0.15, 0.2) is 6.07 Å². The van der Waals surface area contributed by atoms with Crippen LogP contribution < -0.4 is 9.47 Å². The van der Waals surface area contributed by atoms with Crippen LogP contribution in [-0.4, -0.2) is 25.3 Å². The van der Waals surface area contributed by atoms with Gasteiger partial charge in [-0.3, -0.25) is 14.4 Å². The maximum absolute atomic E-state index is 11.2. The van der Waals surface area contributed by atoms with E-state index in [1.807, 2.05) is 22.6 Å². The van der Waals surface area contributed by atoms with Crippen LogP contribution in [-0.2, 0) is 20.9 Å². The van der Waals surface area contributed by atoms with E-state index in [2.05, 4.69) is 0 Å². The second-order valence-corrected chi connectivity index (χ2v) is 4.95. The molecule has 1 rings (SSSR count). The van der Waals surface area contributed by atoms with Crippen LogP contribution in [0.1, 0.15) is 29.8 Å². The summed E-state index contributed by atoms with van der Waals surface area (Å²) in [6.45, 7) is 2.42. The molecule has 0 spiro atoms. The highest BCUT2D eigenvalue weighted by molar-refractivity contribution is 14.1. The van der Waals surface area contributed by atoms with E-state index in [0.717, 1.165) is 0 Å². The molecule has 7 heteroatoms. The van der Waals surface area contributed by atoms with Crippen molar-refractivity contribution in [2.75, 3.05) is 7.11 Å². The SMILES string of the molecule is COc1c(C=O)c(I)cc(COC(C)=O)c1OC(C)=O. The summed E-state index contributed by atoms with van der Waals surface area (Å²) in [5, 5.41) is 0. The largest absolute Gasteiger partial charge is 0.492 e. The lowest BCUT2D eigenvalue weighted by molar-refractivity contribution is -0.142. The summed E-state index contributed by atoms with van der Waals surface area (Å²) in [4.78, 5) is 33.2. The van der Waals surface area contributed by atoms with Gasteiger partial charge in [0, 0.05) is 23.0 Å². The number of aldehydes is 1. The first kappa shape index (κ1) is 16.4. The molecule has 6 nitrogen and oxygen atoms in total. The summed E-state index contributed by atoms with van der Waals surface area (Å²) in [7, 11) is 1.36. The number of ether oxygens (including phenoxy) is 3. The van der Waals surface area contributed by atoms with Gasteiger partial charge in [0.2, 0.25) is 0 Å². The summed E-state index contributed by atoms with van der Waals surface area (Å²) in [5.74, 6) is -0.800.